The van der Waals surface area contributed by atoms with Crippen LogP contribution in [0.3, 0.4) is 0 Å². The fraction of sp³-hybridized carbons (Fsp3) is 0.364. The van der Waals surface area contributed by atoms with E-state index in [9.17, 15) is 4.79 Å². The minimum absolute atomic E-state index is 0.215. The van der Waals surface area contributed by atoms with Crippen molar-refractivity contribution >= 4 is 23.2 Å². The fourth-order valence-electron chi connectivity index (χ4n) is 2.25. The van der Waals surface area contributed by atoms with Gasteiger partial charge in [0.25, 0.3) is 11.7 Å². The van der Waals surface area contributed by atoms with Gasteiger partial charge in [0.05, 0.1) is 23.9 Å². The van der Waals surface area contributed by atoms with Gasteiger partial charge < -0.3 is 14.4 Å². The highest BCUT2D eigenvalue weighted by atomic mass is 35.5. The van der Waals surface area contributed by atoms with E-state index < -0.39 is 5.79 Å². The lowest BCUT2D eigenvalue weighted by Crippen LogP contribution is -2.39. The van der Waals surface area contributed by atoms with Crippen LogP contribution in [-0.4, -0.2) is 26.2 Å². The monoisotopic (exact) mass is 239 g/mol. The number of halogens is 1. The van der Waals surface area contributed by atoms with E-state index in [0.717, 1.165) is 0 Å². The van der Waals surface area contributed by atoms with Crippen molar-refractivity contribution in [3.63, 3.8) is 0 Å². The third-order valence-corrected chi connectivity index (χ3v) is 3.26. The molecule has 0 saturated carbocycles. The summed E-state index contributed by atoms with van der Waals surface area (Å²) in [5.74, 6) is -1.47. The van der Waals surface area contributed by atoms with Gasteiger partial charge >= 0.3 is 0 Å². The number of likely N-dealkylation sites (N-methyl/N-ethyl adjacent to an activating group) is 1. The minimum atomic E-state index is -1.25. The van der Waals surface area contributed by atoms with Gasteiger partial charge in [-0.2, -0.15) is 0 Å². The molecule has 1 saturated heterocycles. The zero-order chi connectivity index (χ0) is 11.3. The second-order valence-corrected chi connectivity index (χ2v) is 4.22. The lowest BCUT2D eigenvalue weighted by molar-refractivity contribution is -0.180. The summed E-state index contributed by atoms with van der Waals surface area (Å²) in [7, 11) is 1.67. The first-order valence-corrected chi connectivity index (χ1v) is 5.40. The third-order valence-electron chi connectivity index (χ3n) is 2.96. The van der Waals surface area contributed by atoms with E-state index >= 15 is 0 Å². The molecule has 84 valence electrons. The molecular formula is C11H10ClNO3. The van der Waals surface area contributed by atoms with Crippen molar-refractivity contribution in [3.8, 4) is 0 Å². The summed E-state index contributed by atoms with van der Waals surface area (Å²) >= 11 is 6.09. The Balaban J connectivity index is 2.26. The fourth-order valence-corrected chi connectivity index (χ4v) is 2.55. The van der Waals surface area contributed by atoms with E-state index in [1.807, 2.05) is 6.07 Å². The number of para-hydroxylation sites is 1. The molecule has 2 aliphatic heterocycles. The van der Waals surface area contributed by atoms with Crippen LogP contribution in [0.15, 0.2) is 18.2 Å². The molecule has 0 unspecified atom stereocenters. The standard InChI is InChI=1S/C11H10ClNO3/c1-13-9-7(3-2-4-8(9)12)11(10(13)14)15-5-6-16-11/h2-4H,5-6H2,1H3. The number of hydrogen-bond acceptors (Lipinski definition) is 3. The van der Waals surface area contributed by atoms with Crippen molar-refractivity contribution in [2.45, 2.75) is 5.79 Å². The van der Waals surface area contributed by atoms with E-state index in [0.29, 0.717) is 29.5 Å². The van der Waals surface area contributed by atoms with Gasteiger partial charge in [0.1, 0.15) is 0 Å². The summed E-state index contributed by atoms with van der Waals surface area (Å²) in [5, 5.41) is 0.532. The quantitative estimate of drug-likeness (QED) is 0.689. The molecule has 3 rings (SSSR count). The molecule has 0 radical (unpaired) electrons. The molecule has 1 aromatic carbocycles. The topological polar surface area (TPSA) is 38.8 Å². The number of rotatable bonds is 0. The smallest absolute Gasteiger partial charge is 0.292 e. The van der Waals surface area contributed by atoms with E-state index in [2.05, 4.69) is 0 Å². The molecule has 0 aliphatic carbocycles. The maximum atomic E-state index is 12.2. The van der Waals surface area contributed by atoms with Crippen LogP contribution in [0.5, 0.6) is 0 Å². The van der Waals surface area contributed by atoms with Gasteiger partial charge in [-0.3, -0.25) is 4.79 Å². The normalized spacial score (nSPS) is 21.9. The SMILES string of the molecule is CN1C(=O)C2(OCCO2)c2cccc(Cl)c21. The summed E-state index contributed by atoms with van der Waals surface area (Å²) < 4.78 is 11.0. The van der Waals surface area contributed by atoms with Crippen LogP contribution in [0.4, 0.5) is 5.69 Å². The summed E-state index contributed by atoms with van der Waals surface area (Å²) in [5.41, 5.74) is 1.38. The van der Waals surface area contributed by atoms with Crippen molar-refractivity contribution in [1.82, 2.24) is 0 Å². The number of anilines is 1. The molecule has 2 heterocycles. The lowest BCUT2D eigenvalue weighted by atomic mass is 10.1. The second-order valence-electron chi connectivity index (χ2n) is 3.81. The molecule has 4 nitrogen and oxygen atoms in total. The third kappa shape index (κ3) is 1.04. The van der Waals surface area contributed by atoms with Gasteiger partial charge in [-0.25, -0.2) is 0 Å². The van der Waals surface area contributed by atoms with Crippen molar-refractivity contribution in [2.75, 3.05) is 25.2 Å². The molecule has 0 aromatic heterocycles. The van der Waals surface area contributed by atoms with Gasteiger partial charge in [-0.15, -0.1) is 0 Å². The number of benzene rings is 1. The van der Waals surface area contributed by atoms with Gasteiger partial charge in [0.15, 0.2) is 0 Å². The Kier molecular flexibility index (Phi) is 2.01. The lowest BCUT2D eigenvalue weighted by Gasteiger charge is -2.19. The van der Waals surface area contributed by atoms with E-state index in [1.54, 1.807) is 19.2 Å². The molecule has 1 fully saturated rings. The summed E-state index contributed by atoms with van der Waals surface area (Å²) in [6.07, 6.45) is 0. The molecule has 0 bridgehead atoms. The summed E-state index contributed by atoms with van der Waals surface area (Å²) in [4.78, 5) is 13.6. The van der Waals surface area contributed by atoms with E-state index in [1.165, 1.54) is 4.90 Å². The average Bonchev–Trinajstić information content (AvgIpc) is 2.83. The van der Waals surface area contributed by atoms with Crippen LogP contribution in [0.25, 0.3) is 0 Å². The number of carbonyl (C=O) groups is 1. The van der Waals surface area contributed by atoms with Crippen molar-refractivity contribution < 1.29 is 14.3 Å². The number of carbonyl (C=O) groups excluding carboxylic acids is 1. The first kappa shape index (κ1) is 10.1. The maximum absolute atomic E-state index is 12.2. The van der Waals surface area contributed by atoms with Crippen LogP contribution in [0, 0.1) is 0 Å². The maximum Gasteiger partial charge on any atom is 0.292 e. The Morgan fingerprint density at radius 3 is 2.75 bits per heavy atom. The molecule has 1 amide bonds. The van der Waals surface area contributed by atoms with Crippen LogP contribution in [0.2, 0.25) is 5.02 Å². The summed E-state index contributed by atoms with van der Waals surface area (Å²) in [6.45, 7) is 0.844. The zero-order valence-corrected chi connectivity index (χ0v) is 9.45. The predicted molar refractivity (Wildman–Crippen MR) is 58.4 cm³/mol. The van der Waals surface area contributed by atoms with Gasteiger partial charge in [-0.1, -0.05) is 23.7 Å². The van der Waals surface area contributed by atoms with Crippen LogP contribution in [0.1, 0.15) is 5.56 Å². The van der Waals surface area contributed by atoms with E-state index in [-0.39, 0.29) is 5.91 Å². The van der Waals surface area contributed by atoms with Crippen LogP contribution in [-0.2, 0) is 20.1 Å². The Bertz CT molecular complexity index is 468. The Hall–Kier alpha value is -1.10. The molecule has 16 heavy (non-hydrogen) atoms. The average molecular weight is 240 g/mol. The van der Waals surface area contributed by atoms with Crippen LogP contribution < -0.4 is 4.90 Å². The molecule has 0 N–H and O–H groups in total. The predicted octanol–water partition coefficient (Wildman–Crippen LogP) is 1.52. The van der Waals surface area contributed by atoms with Crippen LogP contribution >= 0.6 is 11.6 Å². The first-order valence-electron chi connectivity index (χ1n) is 5.02. The molecule has 0 atom stereocenters. The van der Waals surface area contributed by atoms with E-state index in [4.69, 9.17) is 21.1 Å². The number of nitrogens with zero attached hydrogens (tertiary/aromatic N) is 1. The highest BCUT2D eigenvalue weighted by Gasteiger charge is 2.55. The largest absolute Gasteiger partial charge is 0.336 e. The Labute approximate surface area is 97.7 Å². The molecule has 1 spiro atoms. The zero-order valence-electron chi connectivity index (χ0n) is 8.70. The van der Waals surface area contributed by atoms with Crippen molar-refractivity contribution in [2.24, 2.45) is 0 Å². The number of ether oxygens (including phenoxy) is 2. The number of amides is 1. The van der Waals surface area contributed by atoms with Gasteiger partial charge in [0.2, 0.25) is 0 Å². The highest BCUT2D eigenvalue weighted by molar-refractivity contribution is 6.34. The molecule has 2 aliphatic rings. The number of fused-ring (bicyclic) bond motifs is 2. The molecule has 5 heteroatoms. The first-order chi connectivity index (χ1) is 7.67. The van der Waals surface area contributed by atoms with Gasteiger partial charge in [0, 0.05) is 12.6 Å². The Morgan fingerprint density at radius 2 is 2.06 bits per heavy atom. The Morgan fingerprint density at radius 1 is 1.38 bits per heavy atom. The minimum Gasteiger partial charge on any atom is -0.336 e. The van der Waals surface area contributed by atoms with Crippen molar-refractivity contribution in [1.29, 1.82) is 0 Å². The highest BCUT2D eigenvalue weighted by Crippen LogP contribution is 2.47. The summed E-state index contributed by atoms with van der Waals surface area (Å²) in [6, 6.07) is 5.35. The second kappa shape index (κ2) is 3.20. The molecule has 1 aromatic rings. The van der Waals surface area contributed by atoms with Crippen molar-refractivity contribution in [3.05, 3.63) is 28.8 Å². The molecular weight excluding hydrogens is 230 g/mol. The van der Waals surface area contributed by atoms with Gasteiger partial charge in [-0.05, 0) is 6.07 Å². The number of hydrogen-bond donors (Lipinski definition) is 0.